The average molecular weight is 460 g/mol. The summed E-state index contributed by atoms with van der Waals surface area (Å²) in [7, 11) is -3.92. The lowest BCUT2D eigenvalue weighted by molar-refractivity contribution is -0.131. The van der Waals surface area contributed by atoms with E-state index < -0.39 is 22.0 Å². The predicted octanol–water partition coefficient (Wildman–Crippen LogP) is 4.17. The van der Waals surface area contributed by atoms with Gasteiger partial charge in [-0.3, -0.25) is 10.0 Å². The second kappa shape index (κ2) is 11.3. The Labute approximate surface area is 180 Å². The minimum atomic E-state index is -3.92. The van der Waals surface area contributed by atoms with Crippen molar-refractivity contribution in [2.24, 2.45) is 5.92 Å². The fraction of sp³-hybridized carbons (Fsp3) is 0.579. The summed E-state index contributed by atoms with van der Waals surface area (Å²) in [6, 6.07) is 3.68. The smallest absolute Gasteiger partial charge is 0.261 e. The third-order valence-corrected chi connectivity index (χ3v) is 8.15. The molecule has 0 aliphatic heterocycles. The molecule has 1 heterocycles. The summed E-state index contributed by atoms with van der Waals surface area (Å²) in [5.74, 6) is -0.118. The van der Waals surface area contributed by atoms with Gasteiger partial charge in [-0.05, 0) is 30.5 Å². The van der Waals surface area contributed by atoms with Gasteiger partial charge < -0.3 is 0 Å². The number of sulfonamides is 1. The Kier molecular flexibility index (Phi) is 9.35. The number of hydroxylamine groups is 1. The van der Waals surface area contributed by atoms with Crippen LogP contribution >= 0.6 is 23.1 Å². The molecule has 0 fully saturated rings. The van der Waals surface area contributed by atoms with E-state index in [0.29, 0.717) is 0 Å². The number of benzene rings is 1. The normalized spacial score (nSPS) is 13.1. The van der Waals surface area contributed by atoms with E-state index >= 15 is 0 Å². The highest BCUT2D eigenvalue weighted by Gasteiger charge is 2.28. The first-order chi connectivity index (χ1) is 13.8. The van der Waals surface area contributed by atoms with E-state index in [9.17, 15) is 13.2 Å². The Bertz CT molecular complexity index is 913. The molecular weight excluding hydrogens is 430 g/mol. The monoisotopic (exact) mass is 459 g/mol. The lowest BCUT2D eigenvalue weighted by Gasteiger charge is -2.20. The molecule has 7 nitrogen and oxygen atoms in total. The van der Waals surface area contributed by atoms with Gasteiger partial charge in [-0.15, -0.1) is 11.3 Å². The van der Waals surface area contributed by atoms with Gasteiger partial charge in [0.1, 0.15) is 6.04 Å². The number of nitrogens with one attached hydrogen (secondary N) is 2. The SMILES string of the molecule is CCCCCCCSc1nc2ccc(S(=O)(=O)N[C@@H](C(=O)NO)C(C)C)cc2s1. The lowest BCUT2D eigenvalue weighted by Crippen LogP contribution is -2.48. The Morgan fingerprint density at radius 1 is 1.24 bits per heavy atom. The van der Waals surface area contributed by atoms with Crippen molar-refractivity contribution in [1.82, 2.24) is 15.2 Å². The van der Waals surface area contributed by atoms with Crippen molar-refractivity contribution in [3.8, 4) is 0 Å². The van der Waals surface area contributed by atoms with Gasteiger partial charge in [0, 0.05) is 5.75 Å². The minimum absolute atomic E-state index is 0.0705. The number of unbranched alkanes of at least 4 members (excludes halogenated alkanes) is 4. The first kappa shape index (κ1) is 24.1. The van der Waals surface area contributed by atoms with Gasteiger partial charge in [-0.25, -0.2) is 18.9 Å². The highest BCUT2D eigenvalue weighted by atomic mass is 32.2. The van der Waals surface area contributed by atoms with E-state index in [4.69, 9.17) is 5.21 Å². The third-order valence-electron chi connectivity index (χ3n) is 4.47. The summed E-state index contributed by atoms with van der Waals surface area (Å²) >= 11 is 3.17. The summed E-state index contributed by atoms with van der Waals surface area (Å²) < 4.78 is 29.5. The highest BCUT2D eigenvalue weighted by molar-refractivity contribution is 8.01. The molecule has 0 unspecified atom stereocenters. The Balaban J connectivity index is 2.09. The number of carbonyl (C=O) groups excluding carboxylic acids is 1. The fourth-order valence-corrected chi connectivity index (χ4v) is 6.40. The molecule has 1 atom stereocenters. The zero-order valence-corrected chi connectivity index (χ0v) is 19.4. The average Bonchev–Trinajstić information content (AvgIpc) is 3.10. The van der Waals surface area contributed by atoms with Crippen molar-refractivity contribution in [1.29, 1.82) is 0 Å². The molecule has 2 rings (SSSR count). The Morgan fingerprint density at radius 3 is 2.62 bits per heavy atom. The molecular formula is C19H29N3O4S3. The molecule has 1 aromatic carbocycles. The highest BCUT2D eigenvalue weighted by Crippen LogP contribution is 2.31. The van der Waals surface area contributed by atoms with Crippen molar-refractivity contribution in [2.75, 3.05) is 5.75 Å². The van der Waals surface area contributed by atoms with Gasteiger partial charge in [-0.2, -0.15) is 4.72 Å². The van der Waals surface area contributed by atoms with E-state index in [2.05, 4.69) is 16.6 Å². The number of fused-ring (bicyclic) bond motifs is 1. The summed E-state index contributed by atoms with van der Waals surface area (Å²) in [5, 5.41) is 8.85. The van der Waals surface area contributed by atoms with Crippen molar-refractivity contribution < 1.29 is 18.4 Å². The van der Waals surface area contributed by atoms with Crippen LogP contribution in [0, 0.1) is 5.92 Å². The molecule has 0 aliphatic rings. The topological polar surface area (TPSA) is 108 Å². The second-order valence-electron chi connectivity index (χ2n) is 7.19. The predicted molar refractivity (Wildman–Crippen MR) is 118 cm³/mol. The van der Waals surface area contributed by atoms with Crippen LogP contribution in [-0.4, -0.2) is 36.3 Å². The van der Waals surface area contributed by atoms with Gasteiger partial charge in [0.2, 0.25) is 10.0 Å². The fourth-order valence-electron chi connectivity index (χ4n) is 2.77. The summed E-state index contributed by atoms with van der Waals surface area (Å²) in [5.41, 5.74) is 2.27. The zero-order chi connectivity index (χ0) is 21.4. The summed E-state index contributed by atoms with van der Waals surface area (Å²) in [4.78, 5) is 16.4. The molecule has 0 saturated carbocycles. The largest absolute Gasteiger partial charge is 0.289 e. The maximum absolute atomic E-state index is 12.7. The van der Waals surface area contributed by atoms with Gasteiger partial charge in [0.25, 0.3) is 5.91 Å². The number of amides is 1. The molecule has 0 radical (unpaired) electrons. The van der Waals surface area contributed by atoms with Crippen molar-refractivity contribution in [3.63, 3.8) is 0 Å². The molecule has 3 N–H and O–H groups in total. The van der Waals surface area contributed by atoms with E-state index in [-0.39, 0.29) is 10.8 Å². The molecule has 0 bridgehead atoms. The Morgan fingerprint density at radius 2 is 1.97 bits per heavy atom. The van der Waals surface area contributed by atoms with E-state index in [1.807, 2.05) is 0 Å². The van der Waals surface area contributed by atoms with Crippen LogP contribution in [0.3, 0.4) is 0 Å². The zero-order valence-electron chi connectivity index (χ0n) is 17.0. The maximum atomic E-state index is 12.7. The number of aromatic nitrogens is 1. The van der Waals surface area contributed by atoms with Crippen LogP contribution in [0.15, 0.2) is 27.4 Å². The van der Waals surface area contributed by atoms with Crippen LogP contribution in [0.25, 0.3) is 10.2 Å². The quantitative estimate of drug-likeness (QED) is 0.190. The standard InChI is InChI=1S/C19H29N3O4S3/c1-4-5-6-7-8-11-27-19-20-15-10-9-14(12-16(15)28-19)29(25,26)22-17(13(2)3)18(23)21-24/h9-10,12-13,17,22,24H,4-8,11H2,1-3H3,(H,21,23)/t17-/m1/s1. The van der Waals surface area contributed by atoms with E-state index in [1.54, 1.807) is 37.7 Å². The van der Waals surface area contributed by atoms with Gasteiger partial charge in [-0.1, -0.05) is 58.2 Å². The number of thioether (sulfide) groups is 1. The van der Waals surface area contributed by atoms with Crippen LogP contribution in [0.2, 0.25) is 0 Å². The molecule has 2 aromatic rings. The van der Waals surface area contributed by atoms with E-state index in [0.717, 1.165) is 26.7 Å². The maximum Gasteiger partial charge on any atom is 0.261 e. The number of hydrogen-bond donors (Lipinski definition) is 3. The summed E-state index contributed by atoms with van der Waals surface area (Å²) in [6.07, 6.45) is 6.13. The molecule has 29 heavy (non-hydrogen) atoms. The summed E-state index contributed by atoms with van der Waals surface area (Å²) in [6.45, 7) is 5.59. The third kappa shape index (κ3) is 6.92. The Hall–Kier alpha value is -1.20. The molecule has 0 spiro atoms. The van der Waals surface area contributed by atoms with Crippen LogP contribution in [0.5, 0.6) is 0 Å². The molecule has 0 saturated heterocycles. The first-order valence-electron chi connectivity index (χ1n) is 9.78. The number of hydrogen-bond acceptors (Lipinski definition) is 7. The molecule has 1 amide bonds. The molecule has 10 heteroatoms. The minimum Gasteiger partial charge on any atom is -0.289 e. The number of rotatable bonds is 12. The van der Waals surface area contributed by atoms with Crippen LogP contribution < -0.4 is 10.2 Å². The van der Waals surface area contributed by atoms with E-state index in [1.165, 1.54) is 48.6 Å². The molecule has 0 aliphatic carbocycles. The van der Waals surface area contributed by atoms with Gasteiger partial charge in [0.15, 0.2) is 4.34 Å². The van der Waals surface area contributed by atoms with Crippen LogP contribution in [0.1, 0.15) is 52.9 Å². The van der Waals surface area contributed by atoms with Gasteiger partial charge >= 0.3 is 0 Å². The molecule has 162 valence electrons. The number of nitrogens with zero attached hydrogens (tertiary/aromatic N) is 1. The van der Waals surface area contributed by atoms with Crippen LogP contribution in [0.4, 0.5) is 0 Å². The van der Waals surface area contributed by atoms with Gasteiger partial charge in [0.05, 0.1) is 15.1 Å². The second-order valence-corrected chi connectivity index (χ2v) is 11.3. The van der Waals surface area contributed by atoms with Crippen molar-refractivity contribution >= 4 is 49.2 Å². The van der Waals surface area contributed by atoms with Crippen LogP contribution in [-0.2, 0) is 14.8 Å². The van der Waals surface area contributed by atoms with Crippen molar-refractivity contribution in [3.05, 3.63) is 18.2 Å². The molecule has 1 aromatic heterocycles. The first-order valence-corrected chi connectivity index (χ1v) is 13.1. The van der Waals surface area contributed by atoms with Crippen molar-refractivity contribution in [2.45, 2.75) is 68.2 Å². The lowest BCUT2D eigenvalue weighted by atomic mass is 10.1. The number of carbonyl (C=O) groups is 1. The number of thiazole rings is 1.